The lowest BCUT2D eigenvalue weighted by Gasteiger charge is -2.38. The van der Waals surface area contributed by atoms with Crippen LogP contribution in [0.1, 0.15) is 70.8 Å². The summed E-state index contributed by atoms with van der Waals surface area (Å²) >= 11 is 0. The predicted molar refractivity (Wildman–Crippen MR) is 152 cm³/mol. The summed E-state index contributed by atoms with van der Waals surface area (Å²) in [5, 5.41) is 12.3. The average Bonchev–Trinajstić information content (AvgIpc) is 3.52. The zero-order valence-corrected chi connectivity index (χ0v) is 24.5. The van der Waals surface area contributed by atoms with E-state index in [2.05, 4.69) is 39.8 Å². The second-order valence-corrected chi connectivity index (χ2v) is 15.7. The summed E-state index contributed by atoms with van der Waals surface area (Å²) in [6.07, 6.45) is -2.50. The van der Waals surface area contributed by atoms with E-state index in [0.717, 1.165) is 10.5 Å². The molecule has 1 aliphatic heterocycles. The Morgan fingerprint density at radius 1 is 0.949 bits per heavy atom. The molecular weight excluding hydrogens is 510 g/mol. The Morgan fingerprint density at radius 2 is 1.54 bits per heavy atom. The minimum absolute atomic E-state index is 0.260. The summed E-state index contributed by atoms with van der Waals surface area (Å²) in [6, 6.07) is 22.6. The van der Waals surface area contributed by atoms with Crippen molar-refractivity contribution in [3.63, 3.8) is 0 Å². The monoisotopic (exact) mass is 549 g/mol. The molecule has 3 aromatic rings. The van der Waals surface area contributed by atoms with E-state index >= 15 is 0 Å². The van der Waals surface area contributed by atoms with Crippen molar-refractivity contribution in [1.29, 1.82) is 0 Å². The first-order valence-electron chi connectivity index (χ1n) is 13.6. The lowest BCUT2D eigenvalue weighted by Crippen LogP contribution is -2.55. The van der Waals surface area contributed by atoms with Crippen LogP contribution in [0.5, 0.6) is 0 Å². The Bertz CT molecular complexity index is 1250. The number of amides is 2. The SMILES string of the molecule is CC(C)[Si](OCc1ccc([C@@H](O)[C@H](C)C(=O)N2C(=O)O[C@H](c3ccccc3)[C@@H]2C)o1)(c1ccccc1)C(C)C. The van der Waals surface area contributed by atoms with Gasteiger partial charge in [0.25, 0.3) is 0 Å². The van der Waals surface area contributed by atoms with Crippen LogP contribution in [0.4, 0.5) is 4.79 Å². The molecule has 0 radical (unpaired) electrons. The normalized spacial score (nSPS) is 19.4. The van der Waals surface area contributed by atoms with E-state index in [1.807, 2.05) is 48.5 Å². The summed E-state index contributed by atoms with van der Waals surface area (Å²) in [6.45, 7) is 12.4. The number of benzene rings is 2. The van der Waals surface area contributed by atoms with Crippen LogP contribution in [0.15, 0.2) is 77.2 Å². The molecule has 1 aromatic heterocycles. The van der Waals surface area contributed by atoms with Gasteiger partial charge in [-0.25, -0.2) is 9.69 Å². The number of rotatable bonds is 10. The first kappa shape index (κ1) is 28.8. The third-order valence-corrected chi connectivity index (χ3v) is 13.2. The number of ether oxygens (including phenoxy) is 1. The molecule has 1 saturated heterocycles. The Kier molecular flexibility index (Phi) is 8.79. The molecule has 7 nitrogen and oxygen atoms in total. The molecule has 4 rings (SSSR count). The zero-order valence-electron chi connectivity index (χ0n) is 23.5. The van der Waals surface area contributed by atoms with Crippen LogP contribution in [0.25, 0.3) is 0 Å². The van der Waals surface area contributed by atoms with Crippen LogP contribution in [0.3, 0.4) is 0 Å². The van der Waals surface area contributed by atoms with Crippen molar-refractivity contribution >= 4 is 25.5 Å². The van der Waals surface area contributed by atoms with Gasteiger partial charge in [-0.2, -0.15) is 0 Å². The summed E-state index contributed by atoms with van der Waals surface area (Å²) in [7, 11) is -2.37. The van der Waals surface area contributed by atoms with Gasteiger partial charge in [-0.1, -0.05) is 95.3 Å². The zero-order chi connectivity index (χ0) is 28.3. The summed E-state index contributed by atoms with van der Waals surface area (Å²) < 4.78 is 18.2. The molecule has 0 aliphatic carbocycles. The highest BCUT2D eigenvalue weighted by Gasteiger charge is 2.46. The molecule has 8 heteroatoms. The number of aliphatic hydroxyl groups excluding tert-OH is 1. The van der Waals surface area contributed by atoms with Crippen LogP contribution < -0.4 is 5.19 Å². The van der Waals surface area contributed by atoms with Crippen LogP contribution in [-0.2, 0) is 20.6 Å². The van der Waals surface area contributed by atoms with E-state index in [-0.39, 0.29) is 12.4 Å². The molecular formula is C31H39NO6Si. The van der Waals surface area contributed by atoms with E-state index in [1.165, 1.54) is 5.19 Å². The maximum absolute atomic E-state index is 13.3. The fourth-order valence-corrected chi connectivity index (χ4v) is 10.3. The minimum Gasteiger partial charge on any atom is -0.461 e. The quantitative estimate of drug-likeness (QED) is 0.301. The third kappa shape index (κ3) is 5.59. The first-order chi connectivity index (χ1) is 18.6. The molecule has 208 valence electrons. The Hall–Kier alpha value is -3.20. The number of carbonyl (C=O) groups excluding carboxylic acids is 2. The molecule has 2 heterocycles. The maximum atomic E-state index is 13.3. The number of hydrogen-bond acceptors (Lipinski definition) is 6. The number of hydrogen-bond donors (Lipinski definition) is 1. The standard InChI is InChI=1S/C31H39NO6Si/c1-20(2)39(21(3)4,26-15-11-8-12-16-26)36-19-25-17-18-27(37-25)28(33)22(5)30(34)32-23(6)29(38-31(32)35)24-13-9-7-10-14-24/h7-18,20-23,28-29,33H,19H2,1-6H3/t22-,23-,28-,29-/m0/s1. The fraction of sp³-hybridized carbons (Fsp3) is 0.419. The molecule has 0 spiro atoms. The van der Waals surface area contributed by atoms with Gasteiger partial charge in [-0.15, -0.1) is 0 Å². The van der Waals surface area contributed by atoms with Crippen LogP contribution in [0, 0.1) is 5.92 Å². The summed E-state index contributed by atoms with van der Waals surface area (Å²) in [4.78, 5) is 27.1. The molecule has 2 aromatic carbocycles. The van der Waals surface area contributed by atoms with E-state index < -0.39 is 44.5 Å². The Labute approximate surface area is 231 Å². The molecule has 1 fully saturated rings. The molecule has 0 unspecified atom stereocenters. The number of aliphatic hydroxyl groups is 1. The second-order valence-electron chi connectivity index (χ2n) is 11.0. The van der Waals surface area contributed by atoms with Crippen LogP contribution in [-0.4, -0.2) is 36.4 Å². The highest BCUT2D eigenvalue weighted by atomic mass is 28.4. The highest BCUT2D eigenvalue weighted by Crippen LogP contribution is 2.36. The third-order valence-electron chi connectivity index (χ3n) is 7.87. The lowest BCUT2D eigenvalue weighted by atomic mass is 9.98. The van der Waals surface area contributed by atoms with Gasteiger partial charge in [0.2, 0.25) is 14.2 Å². The number of cyclic esters (lactones) is 1. The number of furan rings is 1. The molecule has 1 aliphatic rings. The van der Waals surface area contributed by atoms with E-state index in [0.29, 0.717) is 16.8 Å². The number of carbonyl (C=O) groups is 2. The van der Waals surface area contributed by atoms with Crippen molar-refractivity contribution in [2.75, 3.05) is 0 Å². The molecule has 0 saturated carbocycles. The lowest BCUT2D eigenvalue weighted by molar-refractivity contribution is -0.137. The van der Waals surface area contributed by atoms with Gasteiger partial charge < -0.3 is 18.7 Å². The molecule has 0 bridgehead atoms. The van der Waals surface area contributed by atoms with Gasteiger partial charge >= 0.3 is 6.09 Å². The predicted octanol–water partition coefficient (Wildman–Crippen LogP) is 6.25. The van der Waals surface area contributed by atoms with E-state index in [1.54, 1.807) is 26.0 Å². The largest absolute Gasteiger partial charge is 0.461 e. The molecule has 1 N–H and O–H groups in total. The van der Waals surface area contributed by atoms with Gasteiger partial charge in [0.1, 0.15) is 23.7 Å². The van der Waals surface area contributed by atoms with Gasteiger partial charge in [-0.3, -0.25) is 4.79 Å². The summed E-state index contributed by atoms with van der Waals surface area (Å²) in [5.74, 6) is -0.590. The van der Waals surface area contributed by atoms with Gasteiger partial charge in [0.05, 0.1) is 18.6 Å². The van der Waals surface area contributed by atoms with Crippen molar-refractivity contribution in [3.05, 3.63) is 89.9 Å². The van der Waals surface area contributed by atoms with Crippen molar-refractivity contribution in [1.82, 2.24) is 4.90 Å². The smallest absolute Gasteiger partial charge is 0.417 e. The van der Waals surface area contributed by atoms with Crippen molar-refractivity contribution in [3.8, 4) is 0 Å². The van der Waals surface area contributed by atoms with Crippen molar-refractivity contribution < 1.29 is 28.3 Å². The van der Waals surface area contributed by atoms with Crippen LogP contribution in [0.2, 0.25) is 11.1 Å². The molecule has 4 atom stereocenters. The molecule has 2 amide bonds. The topological polar surface area (TPSA) is 89.2 Å². The average molecular weight is 550 g/mol. The van der Waals surface area contributed by atoms with Crippen molar-refractivity contribution in [2.24, 2.45) is 5.92 Å². The summed E-state index contributed by atoms with van der Waals surface area (Å²) in [5.41, 5.74) is 1.48. The van der Waals surface area contributed by atoms with Crippen LogP contribution >= 0.6 is 0 Å². The fourth-order valence-electron chi connectivity index (χ4n) is 5.72. The van der Waals surface area contributed by atoms with Gasteiger partial charge in [0, 0.05) is 0 Å². The van der Waals surface area contributed by atoms with Gasteiger partial charge in [-0.05, 0) is 40.9 Å². The van der Waals surface area contributed by atoms with Crippen molar-refractivity contribution in [2.45, 2.75) is 77.5 Å². The number of imide groups is 1. The second kappa shape index (κ2) is 11.9. The van der Waals surface area contributed by atoms with Gasteiger partial charge in [0.15, 0.2) is 0 Å². The Balaban J connectivity index is 1.46. The highest BCUT2D eigenvalue weighted by molar-refractivity contribution is 6.88. The number of nitrogens with zero attached hydrogens (tertiary/aromatic N) is 1. The minimum atomic E-state index is -2.37. The maximum Gasteiger partial charge on any atom is 0.417 e. The Morgan fingerprint density at radius 3 is 2.13 bits per heavy atom. The first-order valence-corrected chi connectivity index (χ1v) is 15.7. The van der Waals surface area contributed by atoms with E-state index in [4.69, 9.17) is 13.6 Å². The molecule has 39 heavy (non-hydrogen) atoms. The van der Waals surface area contributed by atoms with E-state index in [9.17, 15) is 14.7 Å².